The number of nitrogens with two attached hydrogens (primary N) is 6. The molecule has 42 heteroatoms. The molecule has 1 aliphatic heterocycles. The van der Waals surface area contributed by atoms with Crippen LogP contribution in [0.15, 0.2) is 72.8 Å². The van der Waals surface area contributed by atoms with Gasteiger partial charge in [-0.25, -0.2) is 27.6 Å². The lowest BCUT2D eigenvalue weighted by Gasteiger charge is -2.19. The van der Waals surface area contributed by atoms with Crippen LogP contribution < -0.4 is 70.9 Å². The lowest BCUT2D eigenvalue weighted by atomic mass is 10.2. The summed E-state index contributed by atoms with van der Waals surface area (Å²) in [5.41, 5.74) is 30.5. The van der Waals surface area contributed by atoms with Crippen LogP contribution in [0.3, 0.4) is 0 Å². The third-order valence-corrected chi connectivity index (χ3v) is 6.14. The number of benzene rings is 3. The number of primary amides is 2. The number of hydrogen-bond donors (Lipinski definition) is 26. The molecule has 3 aromatic rings. The maximum absolute atomic E-state index is 13.3. The summed E-state index contributed by atoms with van der Waals surface area (Å²) in [5, 5.41) is 12.5. The van der Waals surface area contributed by atoms with Gasteiger partial charge in [-0.15, -0.1) is 0 Å². The Kier molecular flexibility index (Phi) is 53.0. The average molecular weight is 1160 g/mol. The molecule has 71 heavy (non-hydrogen) atoms. The van der Waals surface area contributed by atoms with Crippen molar-refractivity contribution in [2.45, 2.75) is 20.8 Å². The fraction of sp³-hybridized carbons (Fsp3) is 0.310. The molecule has 2 amide bonds. The van der Waals surface area contributed by atoms with Crippen LogP contribution in [0.4, 0.5) is 4.79 Å². The van der Waals surface area contributed by atoms with E-state index in [1.165, 1.54) is 0 Å². The Hall–Kier alpha value is -3.86. The maximum Gasteiger partial charge on any atom is 0.647 e. The molecule has 36 nitrogen and oxygen atoms in total. The Bertz CT molecular complexity index is 1770. The number of nitrogens with one attached hydrogen (secondary N) is 3. The van der Waals surface area contributed by atoms with E-state index in [0.29, 0.717) is 30.3 Å². The number of piperazine rings is 1. The van der Waals surface area contributed by atoms with Gasteiger partial charge in [-0.1, -0.05) is 53.1 Å². The Morgan fingerprint density at radius 3 is 0.676 bits per heavy atom. The summed E-state index contributed by atoms with van der Waals surface area (Å²) >= 11 is 0. The third kappa shape index (κ3) is 117. The first-order chi connectivity index (χ1) is 30.8. The van der Waals surface area contributed by atoms with Gasteiger partial charge in [-0.05, 0) is 57.2 Å². The van der Waals surface area contributed by atoms with Crippen LogP contribution in [0, 0.1) is 26.2 Å². The van der Waals surface area contributed by atoms with Gasteiger partial charge in [0.25, 0.3) is 0 Å². The van der Waals surface area contributed by atoms with Crippen LogP contribution in [-0.2, 0) is 27.4 Å². The quantitative estimate of drug-likeness (QED) is 0.0683. The molecule has 1 heterocycles. The predicted molar refractivity (Wildman–Crippen MR) is 258 cm³/mol. The van der Waals surface area contributed by atoms with Crippen molar-refractivity contribution in [3.8, 4) is 17.2 Å². The van der Waals surface area contributed by atoms with Gasteiger partial charge >= 0.3 is 53.0 Å². The van der Waals surface area contributed by atoms with E-state index in [0.717, 1.165) is 42.9 Å². The van der Waals surface area contributed by atoms with Gasteiger partial charge in [0.2, 0.25) is 0 Å². The smallest absolute Gasteiger partial charge is 0.386 e. The summed E-state index contributed by atoms with van der Waals surface area (Å²) in [5.74, 6) is 0.912. The van der Waals surface area contributed by atoms with E-state index in [4.69, 9.17) is 131 Å². The Morgan fingerprint density at radius 2 is 0.577 bits per heavy atom. The molecule has 1 saturated heterocycles. The molecule has 1 aliphatic rings. The Labute approximate surface area is 406 Å². The molecule has 0 spiro atoms. The van der Waals surface area contributed by atoms with Crippen molar-refractivity contribution in [2.75, 3.05) is 39.3 Å². The standard InChI is InChI=1S/C21H21O4P.C4H10N2.C2H8N2.CH5N3.CH4N2O.2H3N.5H3O4P/c1-16-4-10-19(11-5-16)23-26(22,24-20-12-6-17(2)7-13-20)25-21-14-8-18(3)9-15-21;1-2-6-4-3-5-1;3-1-2-4;2*2-1(3)4;;;5*1-5(2,3)4/h4-15H,1-3H3;5-6H,1-4H2;1-4H2;(H5,2,3,4);(H4,2,3,4);2*1H3;5*(H3,1,2,3,4). The molecule has 3 aromatic carbocycles. The first-order valence-corrected chi connectivity index (χ1v) is 26.8. The van der Waals surface area contributed by atoms with Crippen molar-refractivity contribution in [1.82, 2.24) is 22.9 Å². The molecular weight excluding hydrogens is 1090 g/mol. The van der Waals surface area contributed by atoms with Gasteiger partial charge in [-0.2, -0.15) is 4.57 Å². The molecule has 0 radical (unpaired) electrons. The molecule has 0 aromatic heterocycles. The molecule has 0 aliphatic carbocycles. The van der Waals surface area contributed by atoms with Gasteiger partial charge in [-0.3, -0.25) is 5.41 Å². The number of hydrogen-bond acceptors (Lipinski definition) is 17. The number of urea groups is 1. The summed E-state index contributed by atoms with van der Waals surface area (Å²) in [6, 6.07) is 20.8. The molecule has 0 atom stereocenters. The highest BCUT2D eigenvalue weighted by atomic mass is 31.2. The molecule has 36 N–H and O–H groups in total. The summed E-state index contributed by atoms with van der Waals surface area (Å²) in [4.78, 5) is 117. The van der Waals surface area contributed by atoms with E-state index in [1.54, 1.807) is 36.4 Å². The monoisotopic (exact) mass is 1160 g/mol. The van der Waals surface area contributed by atoms with Crippen LogP contribution >= 0.6 is 46.9 Å². The second kappa shape index (κ2) is 44.8. The van der Waals surface area contributed by atoms with E-state index in [-0.39, 0.29) is 18.3 Å². The van der Waals surface area contributed by atoms with Crippen LogP contribution in [0.5, 0.6) is 17.2 Å². The van der Waals surface area contributed by atoms with Crippen molar-refractivity contribution < 1.29 is 119 Å². The fourth-order valence-electron chi connectivity index (χ4n) is 2.84. The lowest BCUT2D eigenvalue weighted by Crippen LogP contribution is -2.39. The third-order valence-electron chi connectivity index (χ3n) is 4.84. The van der Waals surface area contributed by atoms with E-state index in [9.17, 15) is 4.57 Å². The predicted octanol–water partition coefficient (Wildman–Crippen LogP) is -2.12. The van der Waals surface area contributed by atoms with Crippen LogP contribution in [0.2, 0.25) is 0 Å². The topological polar surface area (TPSA) is 725 Å². The summed E-state index contributed by atoms with van der Waals surface area (Å²) in [6.07, 6.45) is 0. The van der Waals surface area contributed by atoms with Gasteiger partial charge in [0.1, 0.15) is 17.2 Å². The van der Waals surface area contributed by atoms with Gasteiger partial charge in [0.15, 0.2) is 5.96 Å². The van der Waals surface area contributed by atoms with Crippen LogP contribution in [0.1, 0.15) is 16.7 Å². The first kappa shape index (κ1) is 84.0. The summed E-state index contributed by atoms with van der Waals surface area (Å²) < 4.78 is 74.6. The number of guanidine groups is 1. The van der Waals surface area contributed by atoms with E-state index >= 15 is 0 Å². The number of carbonyl (C=O) groups excluding carboxylic acids is 1. The molecule has 4 rings (SSSR count). The fourth-order valence-corrected chi connectivity index (χ4v) is 4.10. The number of carbonyl (C=O) groups is 1. The minimum Gasteiger partial charge on any atom is -0.386 e. The molecule has 0 unspecified atom stereocenters. The van der Waals surface area contributed by atoms with Crippen molar-refractivity contribution in [3.05, 3.63) is 89.5 Å². The van der Waals surface area contributed by atoms with Crippen LogP contribution in [0.25, 0.3) is 0 Å². The largest absolute Gasteiger partial charge is 0.647 e. The number of amides is 2. The highest BCUT2D eigenvalue weighted by molar-refractivity contribution is 7.49. The molecule has 1 fully saturated rings. The number of phosphoric acid groups is 6. The normalized spacial score (nSPS) is 11.3. The van der Waals surface area contributed by atoms with Gasteiger partial charge in [0, 0.05) is 39.3 Å². The summed E-state index contributed by atoms with van der Waals surface area (Å²) in [6.45, 7) is 11.7. The minimum absolute atomic E-state index is 0. The Morgan fingerprint density at radius 1 is 0.451 bits per heavy atom. The summed E-state index contributed by atoms with van der Waals surface area (Å²) in [7, 11) is -27.1. The van der Waals surface area contributed by atoms with Gasteiger partial charge < -0.3 is 144 Å². The second-order valence-corrected chi connectivity index (χ2v) is 18.2. The van der Waals surface area contributed by atoms with Crippen molar-refractivity contribution in [1.29, 1.82) is 5.41 Å². The van der Waals surface area contributed by atoms with Gasteiger partial charge in [0.05, 0.1) is 0 Å². The van der Waals surface area contributed by atoms with Crippen molar-refractivity contribution >= 4 is 58.9 Å². The molecule has 0 saturated carbocycles. The zero-order valence-corrected chi connectivity index (χ0v) is 43.4. The minimum atomic E-state index is -4.64. The SMILES string of the molecule is C1CNCCN1.Cc1ccc(OP(=O)(Oc2ccc(C)cc2)Oc2ccc(C)cc2)cc1.N.N.N=C(N)N.NC(N)=O.NCCN.O=P(O)(O)O.O=P(O)(O)O.O=P(O)(O)O.O=P(O)(O)O.O=P(O)(O)O. The lowest BCUT2D eigenvalue weighted by molar-refractivity contribution is 0.256. The van der Waals surface area contributed by atoms with Crippen LogP contribution in [-0.4, -0.2) is 125 Å². The highest BCUT2D eigenvalue weighted by Gasteiger charge is 2.33. The van der Waals surface area contributed by atoms with Crippen molar-refractivity contribution in [2.24, 2.45) is 34.4 Å². The molecule has 0 bridgehead atoms. The zero-order chi connectivity index (χ0) is 55.9. The average Bonchev–Trinajstić information content (AvgIpc) is 3.12. The van der Waals surface area contributed by atoms with E-state index in [2.05, 4.69) is 33.6 Å². The number of aryl methyl sites for hydroxylation is 3. The maximum atomic E-state index is 13.3. The highest BCUT2D eigenvalue weighted by Crippen LogP contribution is 2.49. The number of rotatable bonds is 7. The molecule has 420 valence electrons. The second-order valence-electron chi connectivity index (χ2n) is 11.7. The Balaban J connectivity index is -0.000000121. The molecular formula is C29H69N11O25P6. The first-order valence-electron chi connectivity index (χ1n) is 17.6. The van der Waals surface area contributed by atoms with Crippen molar-refractivity contribution in [3.63, 3.8) is 0 Å². The zero-order valence-electron chi connectivity index (χ0n) is 38.0. The number of phosphoric ester groups is 1. The van der Waals surface area contributed by atoms with E-state index in [1.807, 2.05) is 57.2 Å². The van der Waals surface area contributed by atoms with E-state index < -0.39 is 53.0 Å².